The number of halogens is 1. The predicted octanol–water partition coefficient (Wildman–Crippen LogP) is 5.21. The molecular formula is C22H24ClNO2. The summed E-state index contributed by atoms with van der Waals surface area (Å²) in [5, 5.41) is 0. The number of ether oxygens (including phenoxy) is 2. The molecule has 0 heterocycles. The average molecular weight is 370 g/mol. The van der Waals surface area contributed by atoms with Gasteiger partial charge in [0.15, 0.2) is 0 Å². The molecule has 0 fully saturated rings. The first-order chi connectivity index (χ1) is 12.3. The molecule has 0 amide bonds. The van der Waals surface area contributed by atoms with Crippen LogP contribution in [-0.4, -0.2) is 6.61 Å². The average Bonchev–Trinajstić information content (AvgIpc) is 2.67. The first-order valence-electron chi connectivity index (χ1n) is 8.53. The van der Waals surface area contributed by atoms with E-state index in [4.69, 9.17) is 15.2 Å². The molecule has 3 rings (SSSR count). The predicted molar refractivity (Wildman–Crippen MR) is 109 cm³/mol. The van der Waals surface area contributed by atoms with Crippen molar-refractivity contribution in [3.63, 3.8) is 0 Å². The highest BCUT2D eigenvalue weighted by Gasteiger charge is 2.09. The lowest BCUT2D eigenvalue weighted by atomic mass is 10.0. The first kappa shape index (κ1) is 19.8. The molecule has 0 spiro atoms. The van der Waals surface area contributed by atoms with Crippen LogP contribution in [0.2, 0.25) is 0 Å². The summed E-state index contributed by atoms with van der Waals surface area (Å²) in [6, 6.07) is 24.3. The lowest BCUT2D eigenvalue weighted by Gasteiger charge is -2.14. The summed E-state index contributed by atoms with van der Waals surface area (Å²) in [5.74, 6) is 1.69. The highest BCUT2D eigenvalue weighted by Crippen LogP contribution is 2.33. The van der Waals surface area contributed by atoms with Crippen molar-refractivity contribution in [1.82, 2.24) is 0 Å². The van der Waals surface area contributed by atoms with E-state index in [0.29, 0.717) is 19.8 Å². The van der Waals surface area contributed by atoms with E-state index in [2.05, 4.69) is 24.3 Å². The summed E-state index contributed by atoms with van der Waals surface area (Å²) < 4.78 is 11.7. The standard InChI is InChI=1S/C22H23NO2.ClH/c1-2-24-20-10-6-9-19(14-20)21-12-11-18(15-23)13-22(21)25-16-17-7-4-3-5-8-17;/h3-14H,2,15-16,23H2,1H3;1H. The minimum atomic E-state index is 0. The summed E-state index contributed by atoms with van der Waals surface area (Å²) >= 11 is 0. The molecule has 0 saturated heterocycles. The van der Waals surface area contributed by atoms with Crippen LogP contribution in [0.4, 0.5) is 0 Å². The van der Waals surface area contributed by atoms with E-state index in [9.17, 15) is 0 Å². The molecule has 3 nitrogen and oxygen atoms in total. The third-order valence-corrected chi connectivity index (χ3v) is 3.97. The zero-order valence-electron chi connectivity index (χ0n) is 14.9. The van der Waals surface area contributed by atoms with Crippen molar-refractivity contribution in [2.24, 2.45) is 5.73 Å². The maximum atomic E-state index is 6.12. The van der Waals surface area contributed by atoms with Crippen LogP contribution in [-0.2, 0) is 13.2 Å². The molecular weight excluding hydrogens is 346 g/mol. The fourth-order valence-corrected chi connectivity index (χ4v) is 2.71. The second-order valence-electron chi connectivity index (χ2n) is 5.77. The third kappa shape index (κ3) is 5.01. The van der Waals surface area contributed by atoms with Gasteiger partial charge in [0, 0.05) is 12.1 Å². The third-order valence-electron chi connectivity index (χ3n) is 3.97. The molecule has 0 bridgehead atoms. The highest BCUT2D eigenvalue weighted by atomic mass is 35.5. The molecule has 4 heteroatoms. The zero-order valence-corrected chi connectivity index (χ0v) is 15.7. The van der Waals surface area contributed by atoms with Crippen molar-refractivity contribution in [3.8, 4) is 22.6 Å². The SMILES string of the molecule is CCOc1cccc(-c2ccc(CN)cc2OCc2ccccc2)c1.Cl. The second-order valence-corrected chi connectivity index (χ2v) is 5.77. The van der Waals surface area contributed by atoms with Gasteiger partial charge in [0.25, 0.3) is 0 Å². The summed E-state index contributed by atoms with van der Waals surface area (Å²) in [4.78, 5) is 0. The van der Waals surface area contributed by atoms with Crippen LogP contribution in [0, 0.1) is 0 Å². The molecule has 0 aliphatic heterocycles. The quantitative estimate of drug-likeness (QED) is 0.621. The van der Waals surface area contributed by atoms with Crippen molar-refractivity contribution in [2.75, 3.05) is 6.61 Å². The summed E-state index contributed by atoms with van der Waals surface area (Å²) in [6.45, 7) is 3.64. The van der Waals surface area contributed by atoms with Gasteiger partial charge in [0.1, 0.15) is 18.1 Å². The van der Waals surface area contributed by atoms with Crippen molar-refractivity contribution in [2.45, 2.75) is 20.1 Å². The molecule has 0 atom stereocenters. The molecule has 136 valence electrons. The van der Waals surface area contributed by atoms with Crippen LogP contribution in [0.1, 0.15) is 18.1 Å². The summed E-state index contributed by atoms with van der Waals surface area (Å²) in [6.07, 6.45) is 0. The highest BCUT2D eigenvalue weighted by molar-refractivity contribution is 5.85. The first-order valence-corrected chi connectivity index (χ1v) is 8.53. The number of rotatable bonds is 7. The van der Waals surface area contributed by atoms with Crippen molar-refractivity contribution >= 4 is 12.4 Å². The van der Waals surface area contributed by atoms with Gasteiger partial charge in [-0.05, 0) is 41.8 Å². The Morgan fingerprint density at radius 3 is 2.35 bits per heavy atom. The smallest absolute Gasteiger partial charge is 0.127 e. The van der Waals surface area contributed by atoms with E-state index in [-0.39, 0.29) is 12.4 Å². The Morgan fingerprint density at radius 2 is 1.62 bits per heavy atom. The van der Waals surface area contributed by atoms with Crippen molar-refractivity contribution < 1.29 is 9.47 Å². The van der Waals surface area contributed by atoms with Gasteiger partial charge in [-0.15, -0.1) is 12.4 Å². The van der Waals surface area contributed by atoms with Gasteiger partial charge < -0.3 is 15.2 Å². The maximum Gasteiger partial charge on any atom is 0.127 e. The van der Waals surface area contributed by atoms with E-state index in [1.54, 1.807) is 0 Å². The van der Waals surface area contributed by atoms with Crippen molar-refractivity contribution in [1.29, 1.82) is 0 Å². The van der Waals surface area contributed by atoms with Crippen LogP contribution in [0.5, 0.6) is 11.5 Å². The van der Waals surface area contributed by atoms with Gasteiger partial charge in [-0.2, -0.15) is 0 Å². The second kappa shape index (κ2) is 9.85. The molecule has 0 aliphatic carbocycles. The normalized spacial score (nSPS) is 10.1. The van der Waals surface area contributed by atoms with Crippen molar-refractivity contribution in [3.05, 3.63) is 83.9 Å². The van der Waals surface area contributed by atoms with Gasteiger partial charge in [-0.25, -0.2) is 0 Å². The van der Waals surface area contributed by atoms with Gasteiger partial charge in [0.05, 0.1) is 6.61 Å². The summed E-state index contributed by atoms with van der Waals surface area (Å²) in [5.41, 5.74) is 10.1. The lowest BCUT2D eigenvalue weighted by Crippen LogP contribution is -2.01. The van der Waals surface area contributed by atoms with Crippen LogP contribution >= 0.6 is 12.4 Å². The van der Waals surface area contributed by atoms with Gasteiger partial charge in [0.2, 0.25) is 0 Å². The Hall–Kier alpha value is -2.49. The fraction of sp³-hybridized carbons (Fsp3) is 0.182. The van der Waals surface area contributed by atoms with Gasteiger partial charge in [-0.1, -0.05) is 54.6 Å². The van der Waals surface area contributed by atoms with Crippen LogP contribution in [0.25, 0.3) is 11.1 Å². The largest absolute Gasteiger partial charge is 0.494 e. The van der Waals surface area contributed by atoms with E-state index < -0.39 is 0 Å². The van der Waals surface area contributed by atoms with Crippen LogP contribution in [0.3, 0.4) is 0 Å². The minimum Gasteiger partial charge on any atom is -0.494 e. The van der Waals surface area contributed by atoms with Crippen LogP contribution < -0.4 is 15.2 Å². The van der Waals surface area contributed by atoms with Crippen LogP contribution in [0.15, 0.2) is 72.8 Å². The molecule has 3 aromatic rings. The van der Waals surface area contributed by atoms with E-state index in [0.717, 1.165) is 33.8 Å². The molecule has 0 unspecified atom stereocenters. The van der Waals surface area contributed by atoms with E-state index in [1.165, 1.54) is 0 Å². The Bertz CT molecular complexity index is 821. The Morgan fingerprint density at radius 1 is 0.808 bits per heavy atom. The molecule has 3 aromatic carbocycles. The van der Waals surface area contributed by atoms with Gasteiger partial charge >= 0.3 is 0 Å². The molecule has 0 aliphatic rings. The molecule has 0 aromatic heterocycles. The number of hydrogen-bond donors (Lipinski definition) is 1. The van der Waals surface area contributed by atoms with Gasteiger partial charge in [-0.3, -0.25) is 0 Å². The van der Waals surface area contributed by atoms with E-state index >= 15 is 0 Å². The number of nitrogens with two attached hydrogens (primary N) is 1. The number of hydrogen-bond acceptors (Lipinski definition) is 3. The minimum absolute atomic E-state index is 0. The molecule has 26 heavy (non-hydrogen) atoms. The summed E-state index contributed by atoms with van der Waals surface area (Å²) in [7, 11) is 0. The zero-order chi connectivity index (χ0) is 17.5. The lowest BCUT2D eigenvalue weighted by molar-refractivity contribution is 0.307. The number of benzene rings is 3. The molecule has 2 N–H and O–H groups in total. The fourth-order valence-electron chi connectivity index (χ4n) is 2.71. The Kier molecular flexibility index (Phi) is 7.52. The Labute approximate surface area is 161 Å². The molecule has 0 radical (unpaired) electrons. The Balaban J connectivity index is 0.00000243. The maximum absolute atomic E-state index is 6.12. The topological polar surface area (TPSA) is 44.5 Å². The molecule has 0 saturated carbocycles. The van der Waals surface area contributed by atoms with E-state index in [1.807, 2.05) is 55.5 Å². The monoisotopic (exact) mass is 369 g/mol.